The third kappa shape index (κ3) is 4.41. The zero-order valence-electron chi connectivity index (χ0n) is 19.5. The van der Waals surface area contributed by atoms with Gasteiger partial charge in [-0.05, 0) is 55.7 Å². The van der Waals surface area contributed by atoms with E-state index in [0.29, 0.717) is 34.8 Å². The summed E-state index contributed by atoms with van der Waals surface area (Å²) in [5.41, 5.74) is 2.35. The molecule has 0 spiro atoms. The molecule has 1 atom stereocenters. The topological polar surface area (TPSA) is 89.0 Å². The number of thiazole rings is 1. The molecule has 1 aromatic heterocycles. The number of aliphatic hydroxyl groups excluding tert-OH is 1. The molecule has 0 saturated heterocycles. The Morgan fingerprint density at radius 2 is 1.79 bits per heavy atom. The van der Waals surface area contributed by atoms with Crippen LogP contribution in [0.3, 0.4) is 0 Å². The van der Waals surface area contributed by atoms with Crippen molar-refractivity contribution in [2.75, 3.05) is 20.8 Å². The zero-order chi connectivity index (χ0) is 24.4. The third-order valence-electron chi connectivity index (χ3n) is 5.87. The molecule has 8 heteroatoms. The lowest BCUT2D eigenvalue weighted by molar-refractivity contribution is -0.129. The van der Waals surface area contributed by atoms with Crippen molar-refractivity contribution in [3.8, 4) is 11.5 Å². The number of ketones is 1. The maximum atomic E-state index is 13.6. The van der Waals surface area contributed by atoms with Crippen molar-refractivity contribution in [2.24, 2.45) is 0 Å². The summed E-state index contributed by atoms with van der Waals surface area (Å²) in [4.78, 5) is 33.1. The molecule has 2 heterocycles. The third-order valence-corrected chi connectivity index (χ3v) is 6.94. The highest BCUT2D eigenvalue weighted by atomic mass is 32.1. The normalized spacial score (nSPS) is 15.7. The number of benzene rings is 2. The van der Waals surface area contributed by atoms with Crippen LogP contribution in [0.1, 0.15) is 37.5 Å². The van der Waals surface area contributed by atoms with Crippen molar-refractivity contribution in [2.45, 2.75) is 26.3 Å². The van der Waals surface area contributed by atoms with Crippen LogP contribution in [-0.4, -0.2) is 47.4 Å². The van der Waals surface area contributed by atoms with Crippen LogP contribution in [0.5, 0.6) is 11.5 Å². The lowest BCUT2D eigenvalue weighted by Gasteiger charge is -2.27. The number of methoxy groups -OCH3 is 2. The molecule has 34 heavy (non-hydrogen) atoms. The second-order valence-corrected chi connectivity index (χ2v) is 9.22. The highest BCUT2D eigenvalue weighted by Crippen LogP contribution is 2.41. The monoisotopic (exact) mass is 478 g/mol. The molecule has 1 N–H and O–H groups in total. The van der Waals surface area contributed by atoms with Crippen molar-refractivity contribution < 1.29 is 24.2 Å². The number of aryl methyl sites for hydroxylation is 2. The average Bonchev–Trinajstić information content (AvgIpc) is 3.32. The largest absolute Gasteiger partial charge is 0.503 e. The van der Waals surface area contributed by atoms with Crippen molar-refractivity contribution in [1.29, 1.82) is 0 Å². The lowest BCUT2D eigenvalue weighted by Crippen LogP contribution is -2.33. The van der Waals surface area contributed by atoms with Gasteiger partial charge in [0.25, 0.3) is 5.91 Å². The van der Waals surface area contributed by atoms with Crippen LogP contribution < -0.4 is 9.47 Å². The van der Waals surface area contributed by atoms with Gasteiger partial charge in [-0.25, -0.2) is 4.98 Å². The fourth-order valence-electron chi connectivity index (χ4n) is 4.18. The van der Waals surface area contributed by atoms with E-state index in [1.807, 2.05) is 37.3 Å². The van der Waals surface area contributed by atoms with Gasteiger partial charge in [0, 0.05) is 6.54 Å². The molecular formula is C26H26N2O5S. The minimum atomic E-state index is -0.741. The van der Waals surface area contributed by atoms with Crippen LogP contribution in [0.4, 0.5) is 0 Å². The van der Waals surface area contributed by atoms with Gasteiger partial charge in [-0.3, -0.25) is 9.59 Å². The summed E-state index contributed by atoms with van der Waals surface area (Å²) in [6.45, 7) is 3.89. The van der Waals surface area contributed by atoms with Crippen molar-refractivity contribution >= 4 is 23.0 Å². The number of rotatable bonds is 8. The van der Waals surface area contributed by atoms with Crippen molar-refractivity contribution in [3.05, 3.63) is 86.6 Å². The molecule has 0 fully saturated rings. The molecule has 0 bridgehead atoms. The molecule has 3 aromatic rings. The van der Waals surface area contributed by atoms with Crippen LogP contribution in [0.2, 0.25) is 0 Å². The van der Waals surface area contributed by atoms with E-state index in [4.69, 9.17) is 9.47 Å². The van der Waals surface area contributed by atoms with Gasteiger partial charge in [0.2, 0.25) is 5.78 Å². The van der Waals surface area contributed by atoms with Gasteiger partial charge < -0.3 is 19.5 Å². The van der Waals surface area contributed by atoms with Crippen LogP contribution in [0.15, 0.2) is 59.9 Å². The maximum absolute atomic E-state index is 13.6. The first kappa shape index (κ1) is 23.5. The Bertz CT molecular complexity index is 1260. The molecule has 1 aliphatic heterocycles. The molecule has 1 amide bonds. The number of hydrogen-bond donors (Lipinski definition) is 1. The van der Waals surface area contributed by atoms with Crippen molar-refractivity contribution in [1.82, 2.24) is 9.88 Å². The number of hydrogen-bond acceptors (Lipinski definition) is 7. The van der Waals surface area contributed by atoms with Gasteiger partial charge in [0.15, 0.2) is 5.76 Å². The first-order valence-electron chi connectivity index (χ1n) is 10.8. The minimum Gasteiger partial charge on any atom is -0.503 e. The van der Waals surface area contributed by atoms with E-state index >= 15 is 0 Å². The minimum absolute atomic E-state index is 0.0692. The molecule has 2 aromatic carbocycles. The van der Waals surface area contributed by atoms with Gasteiger partial charge in [0.05, 0.1) is 41.4 Å². The standard InChI is InChI=1S/C26H26N2O5S/c1-15-25(34-16(2)27-15)23(29)21-22(18-6-5-7-20(14-18)33-4)28(26(31)24(21)30)13-12-17-8-10-19(32-3)11-9-17/h5-11,14,22,30H,12-13H2,1-4H3. The summed E-state index contributed by atoms with van der Waals surface area (Å²) in [5, 5.41) is 11.6. The van der Waals surface area contributed by atoms with E-state index < -0.39 is 17.7 Å². The first-order chi connectivity index (χ1) is 16.3. The number of carbonyl (C=O) groups excluding carboxylic acids is 2. The zero-order valence-corrected chi connectivity index (χ0v) is 20.3. The molecule has 176 valence electrons. The van der Waals surface area contributed by atoms with Crippen LogP contribution in [0, 0.1) is 13.8 Å². The van der Waals surface area contributed by atoms with Crippen LogP contribution in [-0.2, 0) is 11.2 Å². The summed E-state index contributed by atoms with van der Waals surface area (Å²) in [6.07, 6.45) is 0.545. The summed E-state index contributed by atoms with van der Waals surface area (Å²) in [6, 6.07) is 14.1. The first-order valence-corrected chi connectivity index (χ1v) is 11.7. The predicted octanol–water partition coefficient (Wildman–Crippen LogP) is 4.60. The highest BCUT2D eigenvalue weighted by Gasteiger charge is 2.44. The van der Waals surface area contributed by atoms with Gasteiger partial charge in [-0.1, -0.05) is 24.3 Å². The Morgan fingerprint density at radius 3 is 2.41 bits per heavy atom. The van der Waals surface area contributed by atoms with E-state index in [2.05, 4.69) is 4.98 Å². The highest BCUT2D eigenvalue weighted by molar-refractivity contribution is 7.14. The molecule has 0 aliphatic carbocycles. The quantitative estimate of drug-likeness (QED) is 0.476. The van der Waals surface area contributed by atoms with Gasteiger partial charge in [-0.2, -0.15) is 0 Å². The SMILES string of the molecule is COc1ccc(CCN2C(=O)C(O)=C(C(=O)c3sc(C)nc3C)C2c2cccc(OC)c2)cc1. The fourth-order valence-corrected chi connectivity index (χ4v) is 5.05. The molecule has 0 radical (unpaired) electrons. The lowest BCUT2D eigenvalue weighted by atomic mass is 9.94. The van der Waals surface area contributed by atoms with Gasteiger partial charge in [-0.15, -0.1) is 11.3 Å². The van der Waals surface area contributed by atoms with Crippen molar-refractivity contribution in [3.63, 3.8) is 0 Å². The Morgan fingerprint density at radius 1 is 1.09 bits per heavy atom. The molecule has 1 unspecified atom stereocenters. The summed E-state index contributed by atoms with van der Waals surface area (Å²) in [5.74, 6) is -0.115. The predicted molar refractivity (Wildman–Crippen MR) is 130 cm³/mol. The Labute approximate surface area is 202 Å². The average molecular weight is 479 g/mol. The van der Waals surface area contributed by atoms with E-state index in [1.165, 1.54) is 11.3 Å². The number of Topliss-reactive ketones (excluding diaryl/α,β-unsaturated/α-hetero) is 1. The molecule has 7 nitrogen and oxygen atoms in total. The van der Waals surface area contributed by atoms with E-state index in [-0.39, 0.29) is 11.4 Å². The van der Waals surface area contributed by atoms with E-state index in [0.717, 1.165) is 16.3 Å². The van der Waals surface area contributed by atoms with Gasteiger partial charge >= 0.3 is 0 Å². The molecule has 4 rings (SSSR count). The second-order valence-electron chi connectivity index (χ2n) is 8.01. The number of carbonyl (C=O) groups is 2. The Kier molecular flexibility index (Phi) is 6.70. The fraction of sp³-hybridized carbons (Fsp3) is 0.269. The maximum Gasteiger partial charge on any atom is 0.290 e. The van der Waals surface area contributed by atoms with E-state index in [9.17, 15) is 14.7 Å². The Hall–Kier alpha value is -3.65. The number of aromatic nitrogens is 1. The number of amides is 1. The van der Waals surface area contributed by atoms with Gasteiger partial charge in [0.1, 0.15) is 11.5 Å². The molecule has 0 saturated carbocycles. The Balaban J connectivity index is 1.72. The summed E-state index contributed by atoms with van der Waals surface area (Å²) >= 11 is 1.26. The van der Waals surface area contributed by atoms with Crippen LogP contribution in [0.25, 0.3) is 0 Å². The summed E-state index contributed by atoms with van der Waals surface area (Å²) < 4.78 is 10.6. The number of aliphatic hydroxyl groups is 1. The summed E-state index contributed by atoms with van der Waals surface area (Å²) in [7, 11) is 3.17. The number of ether oxygens (including phenoxy) is 2. The van der Waals surface area contributed by atoms with Crippen LogP contribution >= 0.6 is 11.3 Å². The molecule has 1 aliphatic rings. The smallest absolute Gasteiger partial charge is 0.290 e. The number of nitrogens with zero attached hydrogens (tertiary/aromatic N) is 2. The second kappa shape index (κ2) is 9.69. The van der Waals surface area contributed by atoms with E-state index in [1.54, 1.807) is 44.2 Å². The molecular weight excluding hydrogens is 452 g/mol.